The van der Waals surface area contributed by atoms with Crippen molar-refractivity contribution in [3.63, 3.8) is 0 Å². The Morgan fingerprint density at radius 1 is 1.42 bits per heavy atom. The minimum atomic E-state index is -3.83. The van der Waals surface area contributed by atoms with E-state index in [9.17, 15) is 17.6 Å². The van der Waals surface area contributed by atoms with E-state index in [4.69, 9.17) is 5.73 Å². The van der Waals surface area contributed by atoms with Crippen LogP contribution >= 0.6 is 0 Å². The molecular weight excluding hydrogens is 273 g/mol. The van der Waals surface area contributed by atoms with Crippen LogP contribution in [0.1, 0.15) is 5.56 Å². The molecule has 0 radical (unpaired) electrons. The molecule has 0 saturated carbocycles. The highest BCUT2D eigenvalue weighted by atomic mass is 32.2. The van der Waals surface area contributed by atoms with Gasteiger partial charge in [-0.1, -0.05) is 0 Å². The molecular formula is C11H14FN3O3S. The standard InChI is InChI=1S/C11H14FN3O3S/c1-7-4-8(5-9(13)11(7)12)19(17,18)15-3-2-14-10(16)6-15/h4-5H,2-3,6,13H2,1H3,(H,14,16). The molecule has 1 aromatic rings. The number of hydrogen-bond donors (Lipinski definition) is 2. The zero-order chi connectivity index (χ0) is 14.2. The predicted molar refractivity (Wildman–Crippen MR) is 67.3 cm³/mol. The number of nitrogen functional groups attached to an aromatic ring is 1. The quantitative estimate of drug-likeness (QED) is 0.739. The summed E-state index contributed by atoms with van der Waals surface area (Å²) in [6.07, 6.45) is 0. The number of amides is 1. The highest BCUT2D eigenvalue weighted by molar-refractivity contribution is 7.89. The number of nitrogens with one attached hydrogen (secondary N) is 1. The van der Waals surface area contributed by atoms with Gasteiger partial charge in [0.2, 0.25) is 15.9 Å². The molecule has 1 fully saturated rings. The molecule has 0 unspecified atom stereocenters. The lowest BCUT2D eigenvalue weighted by Gasteiger charge is -2.26. The summed E-state index contributed by atoms with van der Waals surface area (Å²) >= 11 is 0. The van der Waals surface area contributed by atoms with Gasteiger partial charge in [-0.05, 0) is 24.6 Å². The number of benzene rings is 1. The van der Waals surface area contributed by atoms with E-state index in [1.54, 1.807) is 0 Å². The van der Waals surface area contributed by atoms with Crippen molar-refractivity contribution in [1.29, 1.82) is 0 Å². The monoisotopic (exact) mass is 287 g/mol. The third kappa shape index (κ3) is 2.54. The Morgan fingerprint density at radius 2 is 2.11 bits per heavy atom. The van der Waals surface area contributed by atoms with Gasteiger partial charge >= 0.3 is 0 Å². The molecule has 104 valence electrons. The molecule has 2 rings (SSSR count). The number of rotatable bonds is 2. The second kappa shape index (κ2) is 4.78. The highest BCUT2D eigenvalue weighted by Gasteiger charge is 2.29. The fraction of sp³-hybridized carbons (Fsp3) is 0.364. The van der Waals surface area contributed by atoms with Crippen molar-refractivity contribution in [3.05, 3.63) is 23.5 Å². The van der Waals surface area contributed by atoms with Gasteiger partial charge in [0.15, 0.2) is 0 Å². The third-order valence-corrected chi connectivity index (χ3v) is 4.72. The fourth-order valence-electron chi connectivity index (χ4n) is 1.88. The zero-order valence-electron chi connectivity index (χ0n) is 10.3. The predicted octanol–water partition coefficient (Wildman–Crippen LogP) is -0.163. The maximum Gasteiger partial charge on any atom is 0.243 e. The number of halogens is 1. The van der Waals surface area contributed by atoms with Crippen LogP contribution in [0.3, 0.4) is 0 Å². The lowest BCUT2D eigenvalue weighted by molar-refractivity contribution is -0.122. The number of piperazine rings is 1. The first-order valence-corrected chi connectivity index (χ1v) is 7.09. The van der Waals surface area contributed by atoms with E-state index in [1.807, 2.05) is 0 Å². The van der Waals surface area contributed by atoms with Crippen LogP contribution in [0, 0.1) is 12.7 Å². The van der Waals surface area contributed by atoms with Crippen LogP contribution in [0.25, 0.3) is 0 Å². The van der Waals surface area contributed by atoms with Crippen LogP contribution < -0.4 is 11.1 Å². The van der Waals surface area contributed by atoms with Gasteiger partial charge in [0.1, 0.15) is 5.82 Å². The van der Waals surface area contributed by atoms with Gasteiger partial charge in [0.05, 0.1) is 17.1 Å². The van der Waals surface area contributed by atoms with E-state index in [2.05, 4.69) is 5.32 Å². The van der Waals surface area contributed by atoms with Gasteiger partial charge in [-0.15, -0.1) is 0 Å². The van der Waals surface area contributed by atoms with Crippen molar-refractivity contribution in [1.82, 2.24) is 9.62 Å². The average Bonchev–Trinajstić information content (AvgIpc) is 2.35. The van der Waals surface area contributed by atoms with Crippen molar-refractivity contribution in [3.8, 4) is 0 Å². The molecule has 6 nitrogen and oxygen atoms in total. The first-order valence-electron chi connectivity index (χ1n) is 5.65. The summed E-state index contributed by atoms with van der Waals surface area (Å²) in [6, 6.07) is 2.29. The van der Waals surface area contributed by atoms with E-state index in [0.717, 1.165) is 10.4 Å². The minimum absolute atomic E-state index is 0.0985. The number of anilines is 1. The Kier molecular flexibility index (Phi) is 3.46. The fourth-order valence-corrected chi connectivity index (χ4v) is 3.40. The molecule has 3 N–H and O–H groups in total. The van der Waals surface area contributed by atoms with Crippen LogP contribution in [0.2, 0.25) is 0 Å². The van der Waals surface area contributed by atoms with Crippen molar-refractivity contribution in [2.75, 3.05) is 25.4 Å². The summed E-state index contributed by atoms with van der Waals surface area (Å²) in [7, 11) is -3.83. The minimum Gasteiger partial charge on any atom is -0.396 e. The molecule has 1 heterocycles. The Labute approximate surface area is 110 Å². The summed E-state index contributed by atoms with van der Waals surface area (Å²) in [5.74, 6) is -0.989. The van der Waals surface area contributed by atoms with Crippen LogP contribution in [0.5, 0.6) is 0 Å². The number of hydrogen-bond acceptors (Lipinski definition) is 4. The second-order valence-electron chi connectivity index (χ2n) is 4.33. The number of nitrogens with zero attached hydrogens (tertiary/aromatic N) is 1. The van der Waals surface area contributed by atoms with Crippen molar-refractivity contribution in [2.45, 2.75) is 11.8 Å². The first-order chi connectivity index (χ1) is 8.82. The Bertz CT molecular complexity index is 607. The van der Waals surface area contributed by atoms with Crippen molar-refractivity contribution < 1.29 is 17.6 Å². The van der Waals surface area contributed by atoms with Crippen LogP contribution in [0.15, 0.2) is 17.0 Å². The summed E-state index contributed by atoms with van der Waals surface area (Å²) in [4.78, 5) is 11.1. The van der Waals surface area contributed by atoms with E-state index in [0.29, 0.717) is 0 Å². The number of carbonyl (C=O) groups is 1. The van der Waals surface area contributed by atoms with Crippen molar-refractivity contribution >= 4 is 21.6 Å². The SMILES string of the molecule is Cc1cc(S(=O)(=O)N2CCNC(=O)C2)cc(N)c1F. The summed E-state index contributed by atoms with van der Waals surface area (Å²) in [5.41, 5.74) is 5.37. The second-order valence-corrected chi connectivity index (χ2v) is 6.27. The number of carbonyl (C=O) groups excluding carboxylic acids is 1. The van der Waals surface area contributed by atoms with E-state index in [-0.39, 0.29) is 41.7 Å². The molecule has 0 bridgehead atoms. The maximum atomic E-state index is 13.4. The summed E-state index contributed by atoms with van der Waals surface area (Å²) in [6.45, 7) is 1.64. The Morgan fingerprint density at radius 3 is 2.68 bits per heavy atom. The molecule has 0 atom stereocenters. The number of sulfonamides is 1. The Hall–Kier alpha value is -1.67. The number of aryl methyl sites for hydroxylation is 1. The van der Waals surface area contributed by atoms with Gasteiger partial charge < -0.3 is 11.1 Å². The molecule has 1 saturated heterocycles. The molecule has 0 aliphatic carbocycles. The molecule has 1 aliphatic rings. The summed E-state index contributed by atoms with van der Waals surface area (Å²) in [5, 5.41) is 2.54. The molecule has 19 heavy (non-hydrogen) atoms. The lowest BCUT2D eigenvalue weighted by atomic mass is 10.2. The normalized spacial score (nSPS) is 17.3. The van der Waals surface area contributed by atoms with Gasteiger partial charge in [-0.3, -0.25) is 4.79 Å². The largest absolute Gasteiger partial charge is 0.396 e. The summed E-state index contributed by atoms with van der Waals surface area (Å²) < 4.78 is 39.1. The van der Waals surface area contributed by atoms with Crippen molar-refractivity contribution in [2.24, 2.45) is 0 Å². The lowest BCUT2D eigenvalue weighted by Crippen LogP contribution is -2.49. The third-order valence-electron chi connectivity index (χ3n) is 2.90. The van der Waals surface area contributed by atoms with Crippen LogP contribution in [-0.2, 0) is 14.8 Å². The topological polar surface area (TPSA) is 92.5 Å². The van der Waals surface area contributed by atoms with Gasteiger partial charge in [-0.25, -0.2) is 12.8 Å². The highest BCUT2D eigenvalue weighted by Crippen LogP contribution is 2.23. The molecule has 1 aromatic carbocycles. The van der Waals surface area contributed by atoms with Gasteiger partial charge in [-0.2, -0.15) is 4.31 Å². The van der Waals surface area contributed by atoms with E-state index < -0.39 is 15.8 Å². The first kappa shape index (κ1) is 13.8. The zero-order valence-corrected chi connectivity index (χ0v) is 11.1. The number of nitrogens with two attached hydrogens (primary N) is 1. The Balaban J connectivity index is 2.42. The molecule has 1 amide bonds. The van der Waals surface area contributed by atoms with E-state index in [1.165, 1.54) is 13.0 Å². The molecule has 0 aromatic heterocycles. The average molecular weight is 287 g/mol. The molecule has 1 aliphatic heterocycles. The molecule has 8 heteroatoms. The van der Waals surface area contributed by atoms with Gasteiger partial charge in [0.25, 0.3) is 0 Å². The maximum absolute atomic E-state index is 13.4. The van der Waals surface area contributed by atoms with Crippen LogP contribution in [0.4, 0.5) is 10.1 Å². The van der Waals surface area contributed by atoms with E-state index >= 15 is 0 Å². The van der Waals surface area contributed by atoms with Gasteiger partial charge in [0, 0.05) is 13.1 Å². The van der Waals surface area contributed by atoms with Crippen LogP contribution in [-0.4, -0.2) is 38.3 Å². The smallest absolute Gasteiger partial charge is 0.243 e. The molecule has 0 spiro atoms.